The molecule has 3 heteroatoms. The van der Waals surface area contributed by atoms with E-state index in [2.05, 4.69) is 0 Å². The van der Waals surface area contributed by atoms with E-state index < -0.39 is 9.84 Å². The SMILES string of the molecule is O=S(=O)(c1ccccc1)[C@@H]1C=CCC1. The summed E-state index contributed by atoms with van der Waals surface area (Å²) in [6, 6.07) is 8.64. The Morgan fingerprint density at radius 2 is 1.86 bits per heavy atom. The smallest absolute Gasteiger partial charge is 0.184 e. The Labute approximate surface area is 84.2 Å². The highest BCUT2D eigenvalue weighted by Gasteiger charge is 2.26. The predicted molar refractivity (Wildman–Crippen MR) is 55.8 cm³/mol. The van der Waals surface area contributed by atoms with E-state index in [1.807, 2.05) is 12.1 Å². The highest BCUT2D eigenvalue weighted by molar-refractivity contribution is 7.92. The van der Waals surface area contributed by atoms with Gasteiger partial charge in [-0.3, -0.25) is 0 Å². The van der Waals surface area contributed by atoms with E-state index in [0.29, 0.717) is 4.90 Å². The first-order chi connectivity index (χ1) is 6.71. The van der Waals surface area contributed by atoms with Gasteiger partial charge in [0.05, 0.1) is 10.1 Å². The molecule has 2 rings (SSSR count). The zero-order valence-electron chi connectivity index (χ0n) is 7.76. The molecule has 74 valence electrons. The van der Waals surface area contributed by atoms with Crippen molar-refractivity contribution in [3.8, 4) is 0 Å². The van der Waals surface area contributed by atoms with Gasteiger partial charge in [-0.05, 0) is 25.0 Å². The lowest BCUT2D eigenvalue weighted by atomic mass is 10.4. The Hall–Kier alpha value is -1.09. The van der Waals surface area contributed by atoms with Gasteiger partial charge in [-0.25, -0.2) is 8.42 Å². The molecule has 0 spiro atoms. The zero-order chi connectivity index (χ0) is 10.0. The topological polar surface area (TPSA) is 34.1 Å². The quantitative estimate of drug-likeness (QED) is 0.698. The van der Waals surface area contributed by atoms with Gasteiger partial charge < -0.3 is 0 Å². The molecule has 1 aromatic carbocycles. The number of allylic oxidation sites excluding steroid dienone is 1. The van der Waals surface area contributed by atoms with Crippen molar-refractivity contribution in [2.75, 3.05) is 0 Å². The second kappa shape index (κ2) is 3.58. The summed E-state index contributed by atoms with van der Waals surface area (Å²) in [5, 5.41) is -0.315. The molecular formula is C11H12O2S. The lowest BCUT2D eigenvalue weighted by Gasteiger charge is -2.09. The second-order valence-electron chi connectivity index (χ2n) is 3.40. The van der Waals surface area contributed by atoms with Gasteiger partial charge in [0.1, 0.15) is 0 Å². The minimum Gasteiger partial charge on any atom is -0.223 e. The van der Waals surface area contributed by atoms with Crippen LogP contribution >= 0.6 is 0 Å². The third-order valence-corrected chi connectivity index (χ3v) is 4.56. The van der Waals surface area contributed by atoms with Crippen molar-refractivity contribution in [2.45, 2.75) is 23.0 Å². The summed E-state index contributed by atoms with van der Waals surface area (Å²) in [6.45, 7) is 0. The summed E-state index contributed by atoms with van der Waals surface area (Å²) in [5.41, 5.74) is 0. The molecule has 0 amide bonds. The Bertz CT molecular complexity index is 432. The van der Waals surface area contributed by atoms with Crippen LogP contribution in [0.5, 0.6) is 0 Å². The maximum Gasteiger partial charge on any atom is 0.184 e. The number of benzene rings is 1. The number of hydrogen-bond donors (Lipinski definition) is 0. The molecule has 0 unspecified atom stereocenters. The van der Waals surface area contributed by atoms with Gasteiger partial charge >= 0.3 is 0 Å². The van der Waals surface area contributed by atoms with E-state index in [1.54, 1.807) is 30.3 Å². The third kappa shape index (κ3) is 1.60. The first-order valence-electron chi connectivity index (χ1n) is 4.67. The number of hydrogen-bond acceptors (Lipinski definition) is 2. The molecule has 1 aliphatic rings. The zero-order valence-corrected chi connectivity index (χ0v) is 8.57. The molecule has 0 aromatic heterocycles. The minimum absolute atomic E-state index is 0.315. The largest absolute Gasteiger partial charge is 0.223 e. The van der Waals surface area contributed by atoms with E-state index in [0.717, 1.165) is 12.8 Å². The van der Waals surface area contributed by atoms with Crippen molar-refractivity contribution in [2.24, 2.45) is 0 Å². The van der Waals surface area contributed by atoms with Crippen LogP contribution in [0.15, 0.2) is 47.4 Å². The van der Waals surface area contributed by atoms with Crippen molar-refractivity contribution < 1.29 is 8.42 Å². The molecule has 0 fully saturated rings. The van der Waals surface area contributed by atoms with Gasteiger partial charge in [-0.2, -0.15) is 0 Å². The van der Waals surface area contributed by atoms with Crippen molar-refractivity contribution in [3.05, 3.63) is 42.5 Å². The molecule has 1 aliphatic carbocycles. The summed E-state index contributed by atoms with van der Waals surface area (Å²) in [6.07, 6.45) is 5.32. The predicted octanol–water partition coefficient (Wildman–Crippen LogP) is 2.18. The fourth-order valence-corrected chi connectivity index (χ4v) is 3.30. The van der Waals surface area contributed by atoms with Crippen LogP contribution in [0.4, 0.5) is 0 Å². The molecule has 1 aromatic rings. The lowest BCUT2D eigenvalue weighted by molar-refractivity contribution is 0.587. The highest BCUT2D eigenvalue weighted by Crippen LogP contribution is 2.24. The average molecular weight is 208 g/mol. The van der Waals surface area contributed by atoms with Crippen molar-refractivity contribution in [1.82, 2.24) is 0 Å². The summed E-state index contributed by atoms with van der Waals surface area (Å²) >= 11 is 0. The van der Waals surface area contributed by atoms with Crippen LogP contribution in [-0.4, -0.2) is 13.7 Å². The van der Waals surface area contributed by atoms with E-state index in [-0.39, 0.29) is 5.25 Å². The molecule has 0 heterocycles. The first kappa shape index (κ1) is 9.46. The van der Waals surface area contributed by atoms with Gasteiger partial charge in [0.25, 0.3) is 0 Å². The van der Waals surface area contributed by atoms with E-state index in [9.17, 15) is 8.42 Å². The van der Waals surface area contributed by atoms with Crippen molar-refractivity contribution in [1.29, 1.82) is 0 Å². The second-order valence-corrected chi connectivity index (χ2v) is 5.57. The summed E-state index contributed by atoms with van der Waals surface area (Å²) < 4.78 is 24.0. The highest BCUT2D eigenvalue weighted by atomic mass is 32.2. The summed E-state index contributed by atoms with van der Waals surface area (Å²) in [4.78, 5) is 0.427. The van der Waals surface area contributed by atoms with Gasteiger partial charge in [-0.15, -0.1) is 0 Å². The maximum atomic E-state index is 12.0. The van der Waals surface area contributed by atoms with Crippen LogP contribution in [0, 0.1) is 0 Å². The maximum absolute atomic E-state index is 12.0. The van der Waals surface area contributed by atoms with Crippen LogP contribution in [-0.2, 0) is 9.84 Å². The third-order valence-electron chi connectivity index (χ3n) is 2.44. The Morgan fingerprint density at radius 3 is 2.43 bits per heavy atom. The Morgan fingerprint density at radius 1 is 1.14 bits per heavy atom. The molecule has 0 aliphatic heterocycles. The van der Waals surface area contributed by atoms with Gasteiger partial charge in [0.2, 0.25) is 0 Å². The van der Waals surface area contributed by atoms with Crippen LogP contribution in [0.1, 0.15) is 12.8 Å². The molecule has 2 nitrogen and oxygen atoms in total. The summed E-state index contributed by atoms with van der Waals surface area (Å²) in [5.74, 6) is 0. The van der Waals surface area contributed by atoms with Crippen molar-refractivity contribution >= 4 is 9.84 Å². The fraction of sp³-hybridized carbons (Fsp3) is 0.273. The van der Waals surface area contributed by atoms with E-state index >= 15 is 0 Å². The molecule has 0 saturated carbocycles. The average Bonchev–Trinajstić information content (AvgIpc) is 2.72. The van der Waals surface area contributed by atoms with Crippen LogP contribution in [0.25, 0.3) is 0 Å². The monoisotopic (exact) mass is 208 g/mol. The summed E-state index contributed by atoms with van der Waals surface area (Å²) in [7, 11) is -3.13. The van der Waals surface area contributed by atoms with Gasteiger partial charge in [-0.1, -0.05) is 30.4 Å². The fourth-order valence-electron chi connectivity index (χ4n) is 1.65. The number of sulfone groups is 1. The van der Waals surface area contributed by atoms with Crippen molar-refractivity contribution in [3.63, 3.8) is 0 Å². The molecule has 0 saturated heterocycles. The normalized spacial score (nSPS) is 21.3. The molecular weight excluding hydrogens is 196 g/mol. The lowest BCUT2D eigenvalue weighted by Crippen LogP contribution is -2.16. The van der Waals surface area contributed by atoms with Crippen LogP contribution < -0.4 is 0 Å². The minimum atomic E-state index is -3.13. The molecule has 0 N–H and O–H groups in total. The molecule has 0 radical (unpaired) electrons. The number of rotatable bonds is 2. The van der Waals surface area contributed by atoms with Gasteiger partial charge in [0, 0.05) is 0 Å². The van der Waals surface area contributed by atoms with Crippen LogP contribution in [0.3, 0.4) is 0 Å². The Kier molecular flexibility index (Phi) is 2.42. The first-order valence-corrected chi connectivity index (χ1v) is 6.21. The van der Waals surface area contributed by atoms with Gasteiger partial charge in [0.15, 0.2) is 9.84 Å². The van der Waals surface area contributed by atoms with E-state index in [4.69, 9.17) is 0 Å². The Balaban J connectivity index is 2.38. The molecule has 1 atom stereocenters. The molecule has 14 heavy (non-hydrogen) atoms. The van der Waals surface area contributed by atoms with E-state index in [1.165, 1.54) is 0 Å². The molecule has 0 bridgehead atoms. The van der Waals surface area contributed by atoms with Crippen LogP contribution in [0.2, 0.25) is 0 Å². The standard InChI is InChI=1S/C11H12O2S/c12-14(13,11-8-4-5-9-11)10-6-2-1-3-7-10/h1-4,6-8,11H,5,9H2/t11-/m1/s1.